The Bertz CT molecular complexity index is 1400. The molecule has 3 aromatic rings. The van der Waals surface area contributed by atoms with Gasteiger partial charge in [0.2, 0.25) is 0 Å². The van der Waals surface area contributed by atoms with E-state index in [0.29, 0.717) is 29.1 Å². The van der Waals surface area contributed by atoms with Crippen molar-refractivity contribution in [1.29, 1.82) is 0 Å². The summed E-state index contributed by atoms with van der Waals surface area (Å²) in [5.74, 6) is 0.0952. The van der Waals surface area contributed by atoms with Gasteiger partial charge >= 0.3 is 5.97 Å². The Morgan fingerprint density at radius 3 is 2.32 bits per heavy atom. The number of hydrogen-bond acceptors (Lipinski definition) is 4. The number of H-pyrrole nitrogens is 1. The molecule has 2 aliphatic rings. The van der Waals surface area contributed by atoms with Crippen LogP contribution in [0.5, 0.6) is 5.75 Å². The van der Waals surface area contributed by atoms with E-state index in [0.717, 1.165) is 25.9 Å². The molecule has 0 fully saturated rings. The molecule has 0 aliphatic carbocycles. The molecule has 5 rings (SSSR count). The molecule has 0 bridgehead atoms. The Kier molecular flexibility index (Phi) is 6.18. The maximum Gasteiger partial charge on any atom is 0.346 e. The molecule has 0 unspecified atom stereocenters. The number of benzene rings is 2. The van der Waals surface area contributed by atoms with E-state index in [9.17, 15) is 14.7 Å². The lowest BCUT2D eigenvalue weighted by atomic mass is 9.69. The van der Waals surface area contributed by atoms with E-state index in [2.05, 4.69) is 55.8 Å². The van der Waals surface area contributed by atoms with Gasteiger partial charge in [-0.3, -0.25) is 4.79 Å². The maximum absolute atomic E-state index is 11.5. The Labute approximate surface area is 217 Å². The largest absolute Gasteiger partial charge is 0.478 e. The van der Waals surface area contributed by atoms with Gasteiger partial charge in [0.1, 0.15) is 5.75 Å². The van der Waals surface area contributed by atoms with Crippen LogP contribution in [-0.2, 0) is 27.0 Å². The number of nitrogens with zero attached hydrogens (tertiary/aromatic N) is 2. The summed E-state index contributed by atoms with van der Waals surface area (Å²) in [6.45, 7) is 11.8. The molecule has 7 nitrogen and oxygen atoms in total. The van der Waals surface area contributed by atoms with Gasteiger partial charge in [-0.25, -0.2) is 14.3 Å². The number of ether oxygens (including phenoxy) is 1. The van der Waals surface area contributed by atoms with E-state index >= 15 is 0 Å². The Balaban J connectivity index is 1.48. The number of anilines is 1. The number of rotatable bonds is 7. The van der Waals surface area contributed by atoms with Crippen molar-refractivity contribution in [2.24, 2.45) is 0 Å². The van der Waals surface area contributed by atoms with Crippen LogP contribution in [0.2, 0.25) is 0 Å². The Morgan fingerprint density at radius 2 is 1.70 bits per heavy atom. The predicted octanol–water partition coefficient (Wildman–Crippen LogP) is 4.97. The van der Waals surface area contributed by atoms with Crippen LogP contribution < -0.4 is 14.2 Å². The van der Waals surface area contributed by atoms with Crippen molar-refractivity contribution in [2.45, 2.75) is 57.9 Å². The number of aromatic amines is 1. The number of allylic oxidation sites excluding steroid dienone is 2. The number of fused-ring (bicyclic) bond motifs is 1. The molecule has 37 heavy (non-hydrogen) atoms. The van der Waals surface area contributed by atoms with Gasteiger partial charge in [-0.1, -0.05) is 45.9 Å². The highest BCUT2D eigenvalue weighted by Gasteiger charge is 2.39. The number of carbonyl (C=O) groups excluding carboxylic acids is 1. The topological polar surface area (TPSA) is 86.5 Å². The van der Waals surface area contributed by atoms with Crippen molar-refractivity contribution in [1.82, 2.24) is 4.98 Å². The van der Waals surface area contributed by atoms with Crippen molar-refractivity contribution in [3.8, 4) is 5.75 Å². The van der Waals surface area contributed by atoms with Gasteiger partial charge in [0.05, 0.1) is 0 Å². The molecule has 2 aliphatic heterocycles. The van der Waals surface area contributed by atoms with E-state index in [1.807, 2.05) is 18.2 Å². The summed E-state index contributed by atoms with van der Waals surface area (Å²) in [4.78, 5) is 28.0. The fraction of sp³-hybridized carbons (Fsp3) is 0.367. The molecule has 0 atom stereocenters. The molecule has 2 aromatic carbocycles. The van der Waals surface area contributed by atoms with Gasteiger partial charge in [-0.05, 0) is 64.6 Å². The average molecular weight is 501 g/mol. The number of carboxylic acids is 1. The summed E-state index contributed by atoms with van der Waals surface area (Å²) in [7, 11) is 0. The molecule has 0 spiro atoms. The standard InChI is InChI=1S/C30H33N3O4/c1-29(2)11-13-32-14-12-30(3,4)23-16-20(15-22(29)28(23)32)7-5-6-8-26-31-24-17-21(37-19-34)9-10-25(24)33(26)18-27(35)36/h5-10,15-17,19H,11-14,18H2,1-4H3,(H,35,36)/p+1. The second kappa shape index (κ2) is 9.21. The lowest BCUT2D eigenvalue weighted by Gasteiger charge is -2.48. The number of hydrogen-bond donors (Lipinski definition) is 2. The van der Waals surface area contributed by atoms with Gasteiger partial charge in [0.25, 0.3) is 12.3 Å². The number of imidazole rings is 1. The molecular formula is C30H34N3O4+. The van der Waals surface area contributed by atoms with Crippen molar-refractivity contribution in [3.63, 3.8) is 0 Å². The van der Waals surface area contributed by atoms with Crippen LogP contribution in [0.25, 0.3) is 23.2 Å². The molecule has 0 radical (unpaired) electrons. The highest BCUT2D eigenvalue weighted by Crippen LogP contribution is 2.49. The summed E-state index contributed by atoms with van der Waals surface area (Å²) in [5, 5.41) is 9.44. The number of aliphatic carboxylic acids is 1. The molecule has 7 heteroatoms. The van der Waals surface area contributed by atoms with Crippen molar-refractivity contribution >= 4 is 41.3 Å². The minimum atomic E-state index is -0.938. The number of nitrogens with one attached hydrogen (secondary N) is 1. The minimum absolute atomic E-state index is 0.132. The number of carbonyl (C=O) groups is 2. The molecular weight excluding hydrogens is 466 g/mol. The van der Waals surface area contributed by atoms with Crippen molar-refractivity contribution < 1.29 is 24.0 Å². The van der Waals surface area contributed by atoms with Gasteiger partial charge < -0.3 is 14.7 Å². The van der Waals surface area contributed by atoms with Crippen LogP contribution in [0.4, 0.5) is 5.69 Å². The zero-order valence-corrected chi connectivity index (χ0v) is 21.9. The summed E-state index contributed by atoms with van der Waals surface area (Å²) in [5.41, 5.74) is 7.13. The maximum atomic E-state index is 11.5. The lowest BCUT2D eigenvalue weighted by molar-refractivity contribution is -0.661. The smallest absolute Gasteiger partial charge is 0.346 e. The van der Waals surface area contributed by atoms with Gasteiger partial charge in [0, 0.05) is 30.9 Å². The fourth-order valence-electron chi connectivity index (χ4n) is 5.62. The fourth-order valence-corrected chi connectivity index (χ4v) is 5.62. The zero-order valence-electron chi connectivity index (χ0n) is 21.9. The SMILES string of the molecule is CC1(C)CCN2CCC(C)(C)c3cc(C=CC=Cc4[nH]c5cc(OC=O)ccc5[n+]4CC(=O)O)cc1c32. The highest BCUT2D eigenvalue weighted by atomic mass is 16.5. The molecule has 192 valence electrons. The Hall–Kier alpha value is -3.87. The van der Waals surface area contributed by atoms with Gasteiger partial charge in [0.15, 0.2) is 17.6 Å². The predicted molar refractivity (Wildman–Crippen MR) is 145 cm³/mol. The second-order valence-electron chi connectivity index (χ2n) is 11.3. The third kappa shape index (κ3) is 4.66. The van der Waals surface area contributed by atoms with E-state index in [4.69, 9.17) is 4.74 Å². The van der Waals surface area contributed by atoms with Gasteiger partial charge in [-0.2, -0.15) is 0 Å². The average Bonchev–Trinajstić information content (AvgIpc) is 3.16. The third-order valence-electron chi connectivity index (χ3n) is 7.86. The molecule has 0 saturated carbocycles. The number of aromatic nitrogens is 2. The van der Waals surface area contributed by atoms with E-state index in [-0.39, 0.29) is 17.4 Å². The summed E-state index contributed by atoms with van der Waals surface area (Å²) < 4.78 is 6.62. The third-order valence-corrected chi connectivity index (χ3v) is 7.86. The molecule has 0 amide bonds. The summed E-state index contributed by atoms with van der Waals surface area (Å²) >= 11 is 0. The first kappa shape index (κ1) is 24.8. The normalized spacial score (nSPS) is 17.9. The van der Waals surface area contributed by atoms with E-state index in [1.165, 1.54) is 22.4 Å². The number of carboxylic acid groups (broad SMARTS) is 1. The quantitative estimate of drug-likeness (QED) is 0.272. The van der Waals surface area contributed by atoms with Crippen LogP contribution in [0.15, 0.2) is 42.5 Å². The molecule has 2 N–H and O–H groups in total. The highest BCUT2D eigenvalue weighted by molar-refractivity contribution is 5.76. The van der Waals surface area contributed by atoms with Crippen LogP contribution in [0, 0.1) is 0 Å². The minimum Gasteiger partial charge on any atom is -0.478 e. The van der Waals surface area contributed by atoms with Gasteiger partial charge in [-0.15, -0.1) is 0 Å². The van der Waals surface area contributed by atoms with Crippen LogP contribution in [0.1, 0.15) is 63.1 Å². The molecule has 0 saturated heterocycles. The molecule has 3 heterocycles. The first-order valence-electron chi connectivity index (χ1n) is 12.8. The van der Waals surface area contributed by atoms with Crippen LogP contribution in [-0.4, -0.2) is 35.6 Å². The Morgan fingerprint density at radius 1 is 1.05 bits per heavy atom. The zero-order chi connectivity index (χ0) is 26.4. The first-order chi connectivity index (χ1) is 17.6. The monoisotopic (exact) mass is 500 g/mol. The lowest BCUT2D eigenvalue weighted by Crippen LogP contribution is -2.44. The van der Waals surface area contributed by atoms with Crippen LogP contribution in [0.3, 0.4) is 0 Å². The molecule has 1 aromatic heterocycles. The van der Waals surface area contributed by atoms with Crippen molar-refractivity contribution in [2.75, 3.05) is 18.0 Å². The van der Waals surface area contributed by atoms with E-state index < -0.39 is 5.97 Å². The van der Waals surface area contributed by atoms with Crippen molar-refractivity contribution in [3.05, 3.63) is 65.0 Å². The first-order valence-corrected chi connectivity index (χ1v) is 12.8. The second-order valence-corrected chi connectivity index (χ2v) is 11.3. The summed E-state index contributed by atoms with van der Waals surface area (Å²) in [6, 6.07) is 9.73. The summed E-state index contributed by atoms with van der Waals surface area (Å²) in [6.07, 6.45) is 10.2. The van der Waals surface area contributed by atoms with Crippen LogP contribution >= 0.6 is 0 Å². The van der Waals surface area contributed by atoms with E-state index in [1.54, 1.807) is 22.8 Å².